The highest BCUT2D eigenvalue weighted by molar-refractivity contribution is 7.91. The number of sulfonamides is 1. The van der Waals surface area contributed by atoms with Crippen LogP contribution in [0.25, 0.3) is 21.0 Å². The van der Waals surface area contributed by atoms with E-state index in [9.17, 15) is 12.9 Å². The van der Waals surface area contributed by atoms with E-state index in [1.165, 1.54) is 11.1 Å². The number of aromatic amines is 1. The number of hydrogen-bond acceptors (Lipinski definition) is 5. The molecule has 0 saturated carbocycles. The zero-order chi connectivity index (χ0) is 23.7. The van der Waals surface area contributed by atoms with Gasteiger partial charge in [0.15, 0.2) is 0 Å². The Morgan fingerprint density at radius 3 is 2.59 bits per heavy atom. The number of piperazine rings is 1. The Labute approximate surface area is 203 Å². The summed E-state index contributed by atoms with van der Waals surface area (Å²) in [4.78, 5) is 8.06. The summed E-state index contributed by atoms with van der Waals surface area (Å²) in [6.07, 6.45) is 3.22. The molecule has 1 aliphatic heterocycles. The van der Waals surface area contributed by atoms with Gasteiger partial charge in [-0.1, -0.05) is 24.3 Å². The van der Waals surface area contributed by atoms with Gasteiger partial charge in [0, 0.05) is 60.2 Å². The zero-order valence-corrected chi connectivity index (χ0v) is 20.8. The van der Waals surface area contributed by atoms with Crippen LogP contribution >= 0.6 is 11.3 Å². The van der Waals surface area contributed by atoms with E-state index in [2.05, 4.69) is 39.0 Å². The summed E-state index contributed by atoms with van der Waals surface area (Å²) in [7, 11) is -4.13. The number of halogens is 1. The quantitative estimate of drug-likeness (QED) is 0.268. The van der Waals surface area contributed by atoms with Crippen LogP contribution in [0.15, 0.2) is 58.9 Å². The maximum Gasteiger partial charge on any atom is 0.278 e. The van der Waals surface area contributed by atoms with Crippen molar-refractivity contribution in [2.24, 2.45) is 0 Å². The van der Waals surface area contributed by atoms with Gasteiger partial charge >= 0.3 is 0 Å². The second-order valence-electron chi connectivity index (χ2n) is 8.78. The number of aryl methyl sites for hydroxylation is 1. The van der Waals surface area contributed by atoms with E-state index < -0.39 is 10.0 Å². The Morgan fingerprint density at radius 1 is 1.00 bits per heavy atom. The molecule has 2 aromatic carbocycles. The number of unbranched alkanes of at least 4 members (excludes halogenated alkanes) is 1. The molecule has 180 valence electrons. The first-order valence-electron chi connectivity index (χ1n) is 11.7. The molecule has 2 aromatic heterocycles. The lowest BCUT2D eigenvalue weighted by molar-refractivity contribution is 0.133. The summed E-state index contributed by atoms with van der Waals surface area (Å²) in [6, 6.07) is 15.9. The highest BCUT2D eigenvalue weighted by atomic mass is 32.2. The maximum atomic E-state index is 14.7. The lowest BCUT2D eigenvalue weighted by Crippen LogP contribution is -2.46. The van der Waals surface area contributed by atoms with Crippen molar-refractivity contribution in [3.63, 3.8) is 0 Å². The van der Waals surface area contributed by atoms with Gasteiger partial charge < -0.3 is 9.88 Å². The van der Waals surface area contributed by atoms with E-state index in [0.29, 0.717) is 12.0 Å². The standard InChI is InChI=1S/C25H29FN4O2S2/c1-19-20-7-2-3-10-24(20)33-25(19)34(31,32)30(26)14-5-4-13-28-15-17-29(18-16-28)23-9-6-8-22-21(23)11-12-27-22/h2-3,6-12,27H,4-5,13-18H2,1H3. The molecule has 3 heterocycles. The number of benzene rings is 2. The molecule has 1 saturated heterocycles. The summed E-state index contributed by atoms with van der Waals surface area (Å²) >= 11 is 1.14. The number of fused-ring (bicyclic) bond motifs is 2. The molecule has 0 aliphatic carbocycles. The first kappa shape index (κ1) is 23.3. The van der Waals surface area contributed by atoms with Crippen LogP contribution < -0.4 is 4.90 Å². The number of nitrogens with one attached hydrogen (secondary N) is 1. The fraction of sp³-hybridized carbons (Fsp3) is 0.360. The minimum atomic E-state index is -4.13. The highest BCUT2D eigenvalue weighted by Gasteiger charge is 2.29. The molecule has 1 N–H and O–H groups in total. The van der Waals surface area contributed by atoms with Crippen LogP contribution in [0, 0.1) is 6.92 Å². The fourth-order valence-corrected chi connectivity index (χ4v) is 7.66. The minimum absolute atomic E-state index is 0.0280. The summed E-state index contributed by atoms with van der Waals surface area (Å²) in [5.41, 5.74) is 3.03. The van der Waals surface area contributed by atoms with Crippen LogP contribution in [0.3, 0.4) is 0 Å². The van der Waals surface area contributed by atoms with Crippen LogP contribution in [0.5, 0.6) is 0 Å². The van der Waals surface area contributed by atoms with Gasteiger partial charge in [0.25, 0.3) is 10.0 Å². The third kappa shape index (κ3) is 4.45. The van der Waals surface area contributed by atoms with Crippen molar-refractivity contribution in [1.29, 1.82) is 0 Å². The second-order valence-corrected chi connectivity index (χ2v) is 11.8. The number of H-pyrrole nitrogens is 1. The SMILES string of the molecule is Cc1c(S(=O)(=O)N(F)CCCCN2CCN(c3cccc4[nH]ccc34)CC2)sc2ccccc12. The molecule has 5 rings (SSSR count). The molecule has 4 aromatic rings. The number of hydrogen-bond donors (Lipinski definition) is 1. The fourth-order valence-electron chi connectivity index (χ4n) is 4.74. The minimum Gasteiger partial charge on any atom is -0.368 e. The molecular weight excluding hydrogens is 471 g/mol. The van der Waals surface area contributed by atoms with Crippen molar-refractivity contribution in [2.75, 3.05) is 44.2 Å². The van der Waals surface area contributed by atoms with Gasteiger partial charge in [-0.15, -0.1) is 15.8 Å². The van der Waals surface area contributed by atoms with Gasteiger partial charge in [0.1, 0.15) is 4.21 Å². The topological polar surface area (TPSA) is 59.7 Å². The van der Waals surface area contributed by atoms with Crippen molar-refractivity contribution in [3.8, 4) is 0 Å². The number of rotatable bonds is 8. The van der Waals surface area contributed by atoms with Crippen LogP contribution in [-0.2, 0) is 10.0 Å². The van der Waals surface area contributed by atoms with Crippen molar-refractivity contribution < 1.29 is 12.9 Å². The molecule has 0 radical (unpaired) electrons. The Bertz CT molecular complexity index is 1390. The van der Waals surface area contributed by atoms with E-state index in [1.54, 1.807) is 6.92 Å². The molecule has 0 atom stereocenters. The number of aromatic nitrogens is 1. The van der Waals surface area contributed by atoms with Gasteiger partial charge in [0.2, 0.25) is 0 Å². The Morgan fingerprint density at radius 2 is 1.79 bits per heavy atom. The maximum absolute atomic E-state index is 14.7. The van der Waals surface area contributed by atoms with Gasteiger partial charge in [-0.05, 0) is 66.1 Å². The van der Waals surface area contributed by atoms with Crippen molar-refractivity contribution in [3.05, 3.63) is 60.3 Å². The predicted molar refractivity (Wildman–Crippen MR) is 138 cm³/mol. The monoisotopic (exact) mass is 500 g/mol. The lowest BCUT2D eigenvalue weighted by atomic mass is 10.1. The van der Waals surface area contributed by atoms with Gasteiger partial charge in [-0.25, -0.2) is 8.42 Å². The Balaban J connectivity index is 1.11. The number of nitrogens with zero attached hydrogens (tertiary/aromatic N) is 3. The number of thiophene rings is 1. The average molecular weight is 501 g/mol. The van der Waals surface area contributed by atoms with Crippen molar-refractivity contribution in [2.45, 2.75) is 24.0 Å². The van der Waals surface area contributed by atoms with Crippen LogP contribution in [-0.4, -0.2) is 62.1 Å². The summed E-state index contributed by atoms with van der Waals surface area (Å²) < 4.78 is 41.3. The third-order valence-electron chi connectivity index (χ3n) is 6.64. The number of anilines is 1. The Hall–Kier alpha value is -2.46. The molecule has 0 unspecified atom stereocenters. The molecule has 34 heavy (non-hydrogen) atoms. The lowest BCUT2D eigenvalue weighted by Gasteiger charge is -2.36. The van der Waals surface area contributed by atoms with E-state index in [1.807, 2.05) is 30.5 Å². The molecule has 0 amide bonds. The summed E-state index contributed by atoms with van der Waals surface area (Å²) in [5.74, 6) is 0. The normalized spacial score (nSPS) is 15.7. The largest absolute Gasteiger partial charge is 0.368 e. The first-order chi connectivity index (χ1) is 16.4. The van der Waals surface area contributed by atoms with Crippen LogP contribution in [0.4, 0.5) is 10.2 Å². The second kappa shape index (κ2) is 9.65. The van der Waals surface area contributed by atoms with Crippen LogP contribution in [0.1, 0.15) is 18.4 Å². The molecule has 6 nitrogen and oxygen atoms in total. The predicted octanol–water partition coefficient (Wildman–Crippen LogP) is 5.17. The van der Waals surface area contributed by atoms with Crippen molar-refractivity contribution in [1.82, 2.24) is 14.4 Å². The third-order valence-corrected chi connectivity index (χ3v) is 10.1. The molecule has 0 bridgehead atoms. The van der Waals surface area contributed by atoms with E-state index in [0.717, 1.165) is 66.1 Å². The van der Waals surface area contributed by atoms with E-state index >= 15 is 0 Å². The Kier molecular flexibility index (Phi) is 6.61. The van der Waals surface area contributed by atoms with Crippen molar-refractivity contribution >= 4 is 48.0 Å². The van der Waals surface area contributed by atoms with Crippen LogP contribution in [0.2, 0.25) is 0 Å². The average Bonchev–Trinajstić information content (AvgIpc) is 3.47. The van der Waals surface area contributed by atoms with E-state index in [-0.39, 0.29) is 15.3 Å². The van der Waals surface area contributed by atoms with E-state index in [4.69, 9.17) is 0 Å². The molecule has 0 spiro atoms. The van der Waals surface area contributed by atoms with Gasteiger partial charge in [-0.3, -0.25) is 4.90 Å². The molecular formula is C25H29FN4O2S2. The molecule has 1 aliphatic rings. The van der Waals surface area contributed by atoms with Gasteiger partial charge in [-0.2, -0.15) is 0 Å². The first-order valence-corrected chi connectivity index (χ1v) is 13.9. The highest BCUT2D eigenvalue weighted by Crippen LogP contribution is 2.35. The molecule has 1 fully saturated rings. The summed E-state index contributed by atoms with van der Waals surface area (Å²) in [6.45, 7) is 6.25. The molecule has 9 heteroatoms. The smallest absolute Gasteiger partial charge is 0.278 e. The van der Waals surface area contributed by atoms with Gasteiger partial charge in [0.05, 0.1) is 0 Å². The zero-order valence-electron chi connectivity index (χ0n) is 19.2. The summed E-state index contributed by atoms with van der Waals surface area (Å²) in [5, 5.41) is 2.11.